The van der Waals surface area contributed by atoms with Crippen molar-refractivity contribution in [1.29, 1.82) is 5.26 Å². The molecule has 0 spiro atoms. The van der Waals surface area contributed by atoms with Gasteiger partial charge in [0.05, 0.1) is 11.6 Å². The molecule has 0 aliphatic heterocycles. The number of amides is 1. The van der Waals surface area contributed by atoms with Gasteiger partial charge >= 0.3 is 0 Å². The molecule has 0 saturated heterocycles. The molecule has 0 atom stereocenters. The molecule has 0 unspecified atom stereocenters. The van der Waals surface area contributed by atoms with Crippen molar-refractivity contribution >= 4 is 27.5 Å². The van der Waals surface area contributed by atoms with Crippen LogP contribution in [0.15, 0.2) is 40.9 Å². The minimum atomic E-state index is -0.664. The maximum Gasteiger partial charge on any atom is 0.248 e. The number of nitrogens with zero attached hydrogens (tertiary/aromatic N) is 1. The van der Waals surface area contributed by atoms with Gasteiger partial charge in [-0.2, -0.15) is 5.26 Å². The molecule has 2 aromatic carbocycles. The quantitative estimate of drug-likeness (QED) is 0.891. The molecule has 4 nitrogen and oxygen atoms in total. The van der Waals surface area contributed by atoms with Gasteiger partial charge in [0.15, 0.2) is 0 Å². The first-order chi connectivity index (χ1) is 10.0. The third-order valence-corrected chi connectivity index (χ3v) is 3.56. The van der Waals surface area contributed by atoms with Gasteiger partial charge in [-0.15, -0.1) is 0 Å². The summed E-state index contributed by atoms with van der Waals surface area (Å²) in [4.78, 5) is 11.0. The fraction of sp³-hybridized carbons (Fsp3) is 0.0667. The van der Waals surface area contributed by atoms with Crippen LogP contribution in [0.1, 0.15) is 21.5 Å². The minimum Gasteiger partial charge on any atom is -0.380 e. The fourth-order valence-corrected chi connectivity index (χ4v) is 2.28. The van der Waals surface area contributed by atoms with E-state index in [0.29, 0.717) is 11.1 Å². The summed E-state index contributed by atoms with van der Waals surface area (Å²) in [6.07, 6.45) is 0. The van der Waals surface area contributed by atoms with E-state index in [1.807, 2.05) is 6.07 Å². The fourth-order valence-electron chi connectivity index (χ4n) is 1.76. The van der Waals surface area contributed by atoms with Crippen molar-refractivity contribution in [2.45, 2.75) is 6.54 Å². The minimum absolute atomic E-state index is 0.135. The molecule has 0 aliphatic carbocycles. The van der Waals surface area contributed by atoms with E-state index in [9.17, 15) is 9.18 Å². The average Bonchev–Trinajstić information content (AvgIpc) is 2.46. The Morgan fingerprint density at radius 2 is 2.10 bits per heavy atom. The highest BCUT2D eigenvalue weighted by atomic mass is 79.9. The van der Waals surface area contributed by atoms with Gasteiger partial charge in [0.1, 0.15) is 5.82 Å². The first kappa shape index (κ1) is 15.0. The zero-order valence-corrected chi connectivity index (χ0v) is 12.4. The summed E-state index contributed by atoms with van der Waals surface area (Å²) in [6.45, 7) is 0.245. The van der Waals surface area contributed by atoms with Crippen LogP contribution in [0.4, 0.5) is 10.1 Å². The molecule has 0 saturated carbocycles. The van der Waals surface area contributed by atoms with Crippen LogP contribution in [0.5, 0.6) is 0 Å². The Morgan fingerprint density at radius 3 is 2.67 bits per heavy atom. The van der Waals surface area contributed by atoms with Crippen molar-refractivity contribution in [2.75, 3.05) is 5.32 Å². The third kappa shape index (κ3) is 3.58. The molecule has 0 radical (unpaired) electrons. The molecular weight excluding hydrogens is 337 g/mol. The third-order valence-electron chi connectivity index (χ3n) is 2.91. The van der Waals surface area contributed by atoms with Gasteiger partial charge < -0.3 is 11.1 Å². The number of primary amides is 1. The standard InChI is InChI=1S/C15H11BrFN3O/c16-12-5-9(7-18)1-4-14(12)20-8-11-3-2-10(15(19)21)6-13(11)17/h1-6,20H,8H2,(H2,19,21). The lowest BCUT2D eigenvalue weighted by atomic mass is 10.1. The first-order valence-electron chi connectivity index (χ1n) is 6.03. The van der Waals surface area contributed by atoms with Crippen LogP contribution in [-0.4, -0.2) is 5.91 Å². The summed E-state index contributed by atoms with van der Waals surface area (Å²) in [7, 11) is 0. The smallest absolute Gasteiger partial charge is 0.248 e. The molecule has 0 aliphatic rings. The number of hydrogen-bond acceptors (Lipinski definition) is 3. The van der Waals surface area contributed by atoms with Gasteiger partial charge in [-0.1, -0.05) is 6.07 Å². The van der Waals surface area contributed by atoms with E-state index in [1.54, 1.807) is 18.2 Å². The highest BCUT2D eigenvalue weighted by molar-refractivity contribution is 9.10. The lowest BCUT2D eigenvalue weighted by Crippen LogP contribution is -2.12. The molecule has 21 heavy (non-hydrogen) atoms. The van der Waals surface area contributed by atoms with Gasteiger partial charge in [-0.25, -0.2) is 4.39 Å². The molecule has 2 aromatic rings. The number of hydrogen-bond donors (Lipinski definition) is 2. The average molecular weight is 348 g/mol. The van der Waals surface area contributed by atoms with Gasteiger partial charge in [-0.3, -0.25) is 4.79 Å². The van der Waals surface area contributed by atoms with Crippen molar-refractivity contribution in [3.63, 3.8) is 0 Å². The van der Waals surface area contributed by atoms with Crippen LogP contribution in [0.2, 0.25) is 0 Å². The van der Waals surface area contributed by atoms with Crippen LogP contribution in [-0.2, 0) is 6.54 Å². The van der Waals surface area contributed by atoms with Gasteiger partial charge in [-0.05, 0) is 46.3 Å². The predicted molar refractivity (Wildman–Crippen MR) is 81.1 cm³/mol. The van der Waals surface area contributed by atoms with E-state index in [0.717, 1.165) is 16.2 Å². The second-order valence-corrected chi connectivity index (χ2v) is 5.18. The van der Waals surface area contributed by atoms with Crippen molar-refractivity contribution < 1.29 is 9.18 Å². The van der Waals surface area contributed by atoms with E-state index >= 15 is 0 Å². The number of halogens is 2. The molecule has 2 rings (SSSR count). The molecule has 6 heteroatoms. The van der Waals surface area contributed by atoms with Crippen molar-refractivity contribution in [3.05, 3.63) is 63.4 Å². The van der Waals surface area contributed by atoms with Gasteiger partial charge in [0, 0.05) is 27.8 Å². The van der Waals surface area contributed by atoms with Gasteiger partial charge in [0.25, 0.3) is 0 Å². The highest BCUT2D eigenvalue weighted by Crippen LogP contribution is 2.24. The Balaban J connectivity index is 2.13. The van der Waals surface area contributed by atoms with E-state index in [-0.39, 0.29) is 12.1 Å². The molecule has 106 valence electrons. The maximum atomic E-state index is 13.8. The Kier molecular flexibility index (Phi) is 4.55. The SMILES string of the molecule is N#Cc1ccc(NCc2ccc(C(N)=O)cc2F)c(Br)c1. The number of rotatable bonds is 4. The number of nitrogens with two attached hydrogens (primary N) is 1. The Labute approximate surface area is 129 Å². The molecule has 0 fully saturated rings. The van der Waals surface area contributed by atoms with Crippen molar-refractivity contribution in [2.24, 2.45) is 5.73 Å². The summed E-state index contributed by atoms with van der Waals surface area (Å²) >= 11 is 3.34. The van der Waals surface area contributed by atoms with Crippen LogP contribution >= 0.6 is 15.9 Å². The van der Waals surface area contributed by atoms with E-state index in [2.05, 4.69) is 21.2 Å². The predicted octanol–water partition coefficient (Wildman–Crippen LogP) is 3.17. The summed E-state index contributed by atoms with van der Waals surface area (Å²) in [6, 6.07) is 11.2. The number of carbonyl (C=O) groups excluding carboxylic acids is 1. The lowest BCUT2D eigenvalue weighted by molar-refractivity contribution is 0.1000. The number of nitriles is 1. The van der Waals surface area contributed by atoms with Crippen LogP contribution < -0.4 is 11.1 Å². The topological polar surface area (TPSA) is 78.9 Å². The van der Waals surface area contributed by atoms with E-state index < -0.39 is 11.7 Å². The Morgan fingerprint density at radius 1 is 1.33 bits per heavy atom. The number of anilines is 1. The van der Waals surface area contributed by atoms with Crippen molar-refractivity contribution in [3.8, 4) is 6.07 Å². The molecule has 0 bridgehead atoms. The van der Waals surface area contributed by atoms with Gasteiger partial charge in [0.2, 0.25) is 5.91 Å². The normalized spacial score (nSPS) is 9.95. The largest absolute Gasteiger partial charge is 0.380 e. The zero-order valence-electron chi connectivity index (χ0n) is 10.9. The number of carbonyl (C=O) groups is 1. The number of nitrogens with one attached hydrogen (secondary N) is 1. The van der Waals surface area contributed by atoms with Crippen LogP contribution in [0, 0.1) is 17.1 Å². The van der Waals surface area contributed by atoms with Crippen LogP contribution in [0.25, 0.3) is 0 Å². The lowest BCUT2D eigenvalue weighted by Gasteiger charge is -2.10. The summed E-state index contributed by atoms with van der Waals surface area (Å²) in [5, 5.41) is 11.8. The Bertz CT molecular complexity index is 740. The maximum absolute atomic E-state index is 13.8. The monoisotopic (exact) mass is 347 g/mol. The van der Waals surface area contributed by atoms with Crippen LogP contribution in [0.3, 0.4) is 0 Å². The Hall–Kier alpha value is -2.39. The second kappa shape index (κ2) is 6.37. The number of benzene rings is 2. The highest BCUT2D eigenvalue weighted by Gasteiger charge is 2.08. The second-order valence-electron chi connectivity index (χ2n) is 4.33. The van der Waals surface area contributed by atoms with Crippen molar-refractivity contribution in [1.82, 2.24) is 0 Å². The summed E-state index contributed by atoms with van der Waals surface area (Å²) in [5.41, 5.74) is 6.91. The first-order valence-corrected chi connectivity index (χ1v) is 6.82. The van der Waals surface area contributed by atoms with E-state index in [1.165, 1.54) is 12.1 Å². The van der Waals surface area contributed by atoms with E-state index in [4.69, 9.17) is 11.0 Å². The molecular formula is C15H11BrFN3O. The zero-order chi connectivity index (χ0) is 15.4. The molecule has 3 N–H and O–H groups in total. The summed E-state index contributed by atoms with van der Waals surface area (Å²) in [5.74, 6) is -1.16. The molecule has 1 amide bonds. The summed E-state index contributed by atoms with van der Waals surface area (Å²) < 4.78 is 14.5. The molecule has 0 aromatic heterocycles. The molecule has 0 heterocycles.